The fraction of sp³-hybridized carbons (Fsp3) is 0.250. The van der Waals surface area contributed by atoms with E-state index in [0.29, 0.717) is 23.1 Å². The first-order valence-electron chi connectivity index (χ1n) is 6.96. The van der Waals surface area contributed by atoms with Crippen molar-refractivity contribution in [2.75, 3.05) is 0 Å². The van der Waals surface area contributed by atoms with Crippen LogP contribution in [-0.4, -0.2) is 10.9 Å². The number of thiophene rings is 1. The van der Waals surface area contributed by atoms with Crippen LogP contribution in [0.5, 0.6) is 0 Å². The Labute approximate surface area is 132 Å². The van der Waals surface area contributed by atoms with Gasteiger partial charge in [0.2, 0.25) is 5.91 Å². The minimum absolute atomic E-state index is 0.00995. The lowest BCUT2D eigenvalue weighted by Gasteiger charge is -2.11. The zero-order chi connectivity index (χ0) is 15.5. The van der Waals surface area contributed by atoms with Gasteiger partial charge in [-0.3, -0.25) is 4.79 Å². The van der Waals surface area contributed by atoms with E-state index in [1.54, 1.807) is 36.7 Å². The van der Waals surface area contributed by atoms with Gasteiger partial charge < -0.3 is 14.2 Å². The highest BCUT2D eigenvalue weighted by Gasteiger charge is 2.17. The van der Waals surface area contributed by atoms with E-state index in [1.165, 1.54) is 0 Å². The van der Waals surface area contributed by atoms with Crippen molar-refractivity contribution in [1.82, 2.24) is 10.3 Å². The van der Waals surface area contributed by atoms with Gasteiger partial charge in [0.25, 0.3) is 5.89 Å². The van der Waals surface area contributed by atoms with Gasteiger partial charge in [-0.2, -0.15) is 0 Å². The summed E-state index contributed by atoms with van der Waals surface area (Å²) < 4.78 is 10.8. The summed E-state index contributed by atoms with van der Waals surface area (Å²) in [5, 5.41) is 4.96. The molecule has 0 aromatic carbocycles. The van der Waals surface area contributed by atoms with E-state index >= 15 is 0 Å². The van der Waals surface area contributed by atoms with E-state index in [-0.39, 0.29) is 18.4 Å². The number of nitrogens with one attached hydrogen (secondary N) is 1. The summed E-state index contributed by atoms with van der Waals surface area (Å²) >= 11 is 1.62. The molecule has 3 aromatic heterocycles. The van der Waals surface area contributed by atoms with Gasteiger partial charge in [-0.1, -0.05) is 6.07 Å². The number of aryl methyl sites for hydroxylation is 1. The Balaban J connectivity index is 1.67. The van der Waals surface area contributed by atoms with Gasteiger partial charge in [0.15, 0.2) is 5.76 Å². The van der Waals surface area contributed by atoms with Crippen molar-refractivity contribution in [2.45, 2.75) is 26.3 Å². The van der Waals surface area contributed by atoms with Crippen molar-refractivity contribution in [3.8, 4) is 11.7 Å². The zero-order valence-electron chi connectivity index (χ0n) is 12.3. The van der Waals surface area contributed by atoms with Crippen LogP contribution in [0.15, 0.2) is 44.7 Å². The van der Waals surface area contributed by atoms with Crippen LogP contribution in [-0.2, 0) is 11.2 Å². The second-order valence-corrected chi connectivity index (χ2v) is 5.96. The maximum Gasteiger partial charge on any atom is 0.263 e. The molecule has 0 saturated carbocycles. The molecule has 1 atom stereocenters. The molecule has 0 bridgehead atoms. The molecule has 0 radical (unpaired) electrons. The number of hydrogen-bond acceptors (Lipinski definition) is 5. The predicted octanol–water partition coefficient (Wildman–Crippen LogP) is 3.72. The highest BCUT2D eigenvalue weighted by Crippen LogP contribution is 2.23. The predicted molar refractivity (Wildman–Crippen MR) is 83.5 cm³/mol. The molecule has 6 heteroatoms. The molecule has 1 N–H and O–H groups in total. The normalized spacial score (nSPS) is 12.3. The molecule has 3 aromatic rings. The molecule has 0 aliphatic carbocycles. The van der Waals surface area contributed by atoms with Gasteiger partial charge in [0.1, 0.15) is 5.76 Å². The second-order valence-electron chi connectivity index (χ2n) is 4.98. The fourth-order valence-electron chi connectivity index (χ4n) is 2.15. The number of amides is 1. The van der Waals surface area contributed by atoms with Gasteiger partial charge in [-0.05, 0) is 37.4 Å². The summed E-state index contributed by atoms with van der Waals surface area (Å²) in [6.45, 7) is 3.76. The van der Waals surface area contributed by atoms with E-state index in [4.69, 9.17) is 8.83 Å². The fourth-order valence-corrected chi connectivity index (χ4v) is 2.89. The first-order valence-corrected chi connectivity index (χ1v) is 7.84. The Bertz CT molecular complexity index is 745. The number of nitrogens with zero attached hydrogens (tertiary/aromatic N) is 1. The van der Waals surface area contributed by atoms with Crippen molar-refractivity contribution in [3.05, 3.63) is 52.2 Å². The molecule has 0 unspecified atom stereocenters. The highest BCUT2D eigenvalue weighted by atomic mass is 32.1. The number of carbonyl (C=O) groups excluding carboxylic acids is 1. The lowest BCUT2D eigenvalue weighted by molar-refractivity contribution is -0.121. The Morgan fingerprint density at radius 1 is 1.41 bits per heavy atom. The van der Waals surface area contributed by atoms with Crippen LogP contribution in [0.4, 0.5) is 0 Å². The molecule has 1 amide bonds. The monoisotopic (exact) mass is 316 g/mol. The summed E-state index contributed by atoms with van der Waals surface area (Å²) in [6.07, 6.45) is 1.75. The SMILES string of the molecule is Cc1oc(-c2ccco2)nc1CC(=O)N[C@@H](C)c1cccs1. The van der Waals surface area contributed by atoms with Crippen LogP contribution in [0.1, 0.15) is 29.3 Å². The smallest absolute Gasteiger partial charge is 0.263 e. The standard InChI is InChI=1S/C16H16N2O3S/c1-10(14-6-4-8-22-14)17-15(19)9-12-11(2)21-16(18-12)13-5-3-7-20-13/h3-8,10H,9H2,1-2H3,(H,17,19)/t10-/m0/s1. The third-order valence-electron chi connectivity index (χ3n) is 3.30. The minimum atomic E-state index is -0.0803. The number of furan rings is 1. The highest BCUT2D eigenvalue weighted by molar-refractivity contribution is 7.10. The number of oxazole rings is 1. The maximum absolute atomic E-state index is 12.2. The topological polar surface area (TPSA) is 68.3 Å². The van der Waals surface area contributed by atoms with Crippen molar-refractivity contribution >= 4 is 17.2 Å². The van der Waals surface area contributed by atoms with Crippen LogP contribution in [0, 0.1) is 6.92 Å². The molecule has 3 heterocycles. The number of hydrogen-bond donors (Lipinski definition) is 1. The van der Waals surface area contributed by atoms with Crippen LogP contribution in [0.25, 0.3) is 11.7 Å². The number of carbonyl (C=O) groups is 1. The summed E-state index contributed by atoms with van der Waals surface area (Å²) in [7, 11) is 0. The Morgan fingerprint density at radius 2 is 2.27 bits per heavy atom. The van der Waals surface area contributed by atoms with Gasteiger partial charge in [0, 0.05) is 4.88 Å². The number of aromatic nitrogens is 1. The second kappa shape index (κ2) is 6.19. The maximum atomic E-state index is 12.2. The molecule has 22 heavy (non-hydrogen) atoms. The summed E-state index contributed by atoms with van der Waals surface area (Å²) in [6, 6.07) is 7.51. The molecule has 0 spiro atoms. The Kier molecular flexibility index (Phi) is 4.11. The molecule has 5 nitrogen and oxygen atoms in total. The molecule has 0 saturated heterocycles. The van der Waals surface area contributed by atoms with Crippen molar-refractivity contribution in [3.63, 3.8) is 0 Å². The first kappa shape index (κ1) is 14.6. The molecular weight excluding hydrogens is 300 g/mol. The van der Waals surface area contributed by atoms with Gasteiger partial charge in [0.05, 0.1) is 24.4 Å². The van der Waals surface area contributed by atoms with Crippen LogP contribution in [0.2, 0.25) is 0 Å². The molecule has 0 aliphatic heterocycles. The van der Waals surface area contributed by atoms with Crippen molar-refractivity contribution < 1.29 is 13.6 Å². The third-order valence-corrected chi connectivity index (χ3v) is 4.36. The van der Waals surface area contributed by atoms with Crippen molar-refractivity contribution in [2.24, 2.45) is 0 Å². The molecule has 0 aliphatic rings. The van der Waals surface area contributed by atoms with E-state index in [2.05, 4.69) is 10.3 Å². The molecular formula is C16H16N2O3S. The van der Waals surface area contributed by atoms with Gasteiger partial charge in [-0.15, -0.1) is 11.3 Å². The average Bonchev–Trinajstić information content (AvgIpc) is 3.19. The van der Waals surface area contributed by atoms with Crippen LogP contribution < -0.4 is 5.32 Å². The van der Waals surface area contributed by atoms with E-state index < -0.39 is 0 Å². The van der Waals surface area contributed by atoms with Crippen molar-refractivity contribution in [1.29, 1.82) is 0 Å². The van der Waals surface area contributed by atoms with E-state index in [9.17, 15) is 4.79 Å². The van der Waals surface area contributed by atoms with Crippen LogP contribution in [0.3, 0.4) is 0 Å². The van der Waals surface area contributed by atoms with Crippen LogP contribution >= 0.6 is 11.3 Å². The quantitative estimate of drug-likeness (QED) is 0.779. The Morgan fingerprint density at radius 3 is 2.95 bits per heavy atom. The third kappa shape index (κ3) is 3.12. The lowest BCUT2D eigenvalue weighted by atomic mass is 10.2. The van der Waals surface area contributed by atoms with E-state index in [1.807, 2.05) is 24.4 Å². The average molecular weight is 316 g/mol. The zero-order valence-corrected chi connectivity index (χ0v) is 13.1. The molecule has 3 rings (SSSR count). The summed E-state index contributed by atoms with van der Waals surface area (Å²) in [5.41, 5.74) is 0.627. The molecule has 114 valence electrons. The van der Waals surface area contributed by atoms with E-state index in [0.717, 1.165) is 4.88 Å². The number of rotatable bonds is 5. The minimum Gasteiger partial charge on any atom is -0.459 e. The summed E-state index contributed by atoms with van der Waals surface area (Å²) in [4.78, 5) is 17.6. The Hall–Kier alpha value is -2.34. The van der Waals surface area contributed by atoms with Gasteiger partial charge in [-0.25, -0.2) is 4.98 Å². The largest absolute Gasteiger partial charge is 0.459 e. The first-order chi connectivity index (χ1) is 10.6. The van der Waals surface area contributed by atoms with Gasteiger partial charge >= 0.3 is 0 Å². The summed E-state index contributed by atoms with van der Waals surface area (Å²) in [5.74, 6) is 1.51. The molecule has 0 fully saturated rings. The lowest BCUT2D eigenvalue weighted by Crippen LogP contribution is -2.27.